The Labute approximate surface area is 163 Å². The lowest BCUT2D eigenvalue weighted by Crippen LogP contribution is -2.23. The number of hydrogen-bond donors (Lipinski definition) is 2. The third kappa shape index (κ3) is 5.77. The first kappa shape index (κ1) is 19.3. The number of amides is 2. The van der Waals surface area contributed by atoms with Gasteiger partial charge in [0.1, 0.15) is 5.82 Å². The lowest BCUT2D eigenvalue weighted by atomic mass is 10.1. The normalized spacial score (nSPS) is 10.3. The minimum atomic E-state index is -0.354. The number of carbonyl (C=O) groups is 2. The Morgan fingerprint density at radius 3 is 2.14 bits per heavy atom. The highest BCUT2D eigenvalue weighted by Gasteiger charge is 2.07. The molecule has 0 heterocycles. The van der Waals surface area contributed by atoms with Crippen molar-refractivity contribution in [2.45, 2.75) is 19.4 Å². The molecule has 0 saturated heterocycles. The van der Waals surface area contributed by atoms with Crippen molar-refractivity contribution < 1.29 is 14.0 Å². The zero-order chi connectivity index (χ0) is 19.8. The predicted molar refractivity (Wildman–Crippen MR) is 107 cm³/mol. The van der Waals surface area contributed by atoms with Crippen molar-refractivity contribution in [2.24, 2.45) is 0 Å². The molecule has 0 bridgehead atoms. The smallest absolute Gasteiger partial charge is 0.255 e. The van der Waals surface area contributed by atoms with E-state index in [1.807, 2.05) is 30.3 Å². The van der Waals surface area contributed by atoms with E-state index in [4.69, 9.17) is 0 Å². The Morgan fingerprint density at radius 1 is 0.786 bits per heavy atom. The second-order valence-corrected chi connectivity index (χ2v) is 6.42. The second kappa shape index (κ2) is 9.46. The molecule has 0 aliphatic rings. The van der Waals surface area contributed by atoms with Crippen LogP contribution < -0.4 is 10.6 Å². The van der Waals surface area contributed by atoms with E-state index >= 15 is 0 Å². The molecule has 0 unspecified atom stereocenters. The summed E-state index contributed by atoms with van der Waals surface area (Å²) in [7, 11) is 0. The first-order chi connectivity index (χ1) is 13.6. The van der Waals surface area contributed by atoms with Crippen molar-refractivity contribution in [1.29, 1.82) is 0 Å². The number of nitrogens with one attached hydrogen (secondary N) is 2. The van der Waals surface area contributed by atoms with E-state index in [-0.39, 0.29) is 17.6 Å². The lowest BCUT2D eigenvalue weighted by molar-refractivity contribution is -0.121. The van der Waals surface area contributed by atoms with E-state index in [0.717, 1.165) is 11.1 Å². The summed E-state index contributed by atoms with van der Waals surface area (Å²) in [4.78, 5) is 24.2. The Hall–Kier alpha value is -3.47. The van der Waals surface area contributed by atoms with Crippen LogP contribution in [-0.4, -0.2) is 11.8 Å². The number of halogens is 1. The van der Waals surface area contributed by atoms with Crippen LogP contribution in [0.4, 0.5) is 10.1 Å². The highest BCUT2D eigenvalue weighted by molar-refractivity contribution is 6.04. The van der Waals surface area contributed by atoms with Crippen molar-refractivity contribution in [3.63, 3.8) is 0 Å². The first-order valence-electron chi connectivity index (χ1n) is 9.06. The van der Waals surface area contributed by atoms with Gasteiger partial charge in [0.05, 0.1) is 0 Å². The maximum atomic E-state index is 12.9. The zero-order valence-electron chi connectivity index (χ0n) is 15.3. The zero-order valence-corrected chi connectivity index (χ0v) is 15.3. The highest BCUT2D eigenvalue weighted by atomic mass is 19.1. The molecule has 2 N–H and O–H groups in total. The summed E-state index contributed by atoms with van der Waals surface area (Å²) < 4.78 is 12.9. The number of anilines is 1. The van der Waals surface area contributed by atoms with Gasteiger partial charge in [0.2, 0.25) is 5.91 Å². The number of benzene rings is 3. The number of aryl methyl sites for hydroxylation is 1. The van der Waals surface area contributed by atoms with Gasteiger partial charge in [-0.25, -0.2) is 4.39 Å². The van der Waals surface area contributed by atoms with Gasteiger partial charge in [0.15, 0.2) is 0 Å². The molecule has 0 fully saturated rings. The summed E-state index contributed by atoms with van der Waals surface area (Å²) in [6, 6.07) is 22.5. The summed E-state index contributed by atoms with van der Waals surface area (Å²) >= 11 is 0. The maximum absolute atomic E-state index is 12.9. The molecule has 0 saturated carbocycles. The summed E-state index contributed by atoms with van der Waals surface area (Å²) in [5, 5.41) is 5.60. The fraction of sp³-hybridized carbons (Fsp3) is 0.130. The van der Waals surface area contributed by atoms with Gasteiger partial charge in [0.25, 0.3) is 5.91 Å². The lowest BCUT2D eigenvalue weighted by Gasteiger charge is -2.08. The molecule has 3 rings (SSSR count). The highest BCUT2D eigenvalue weighted by Crippen LogP contribution is 2.11. The van der Waals surface area contributed by atoms with Crippen molar-refractivity contribution >= 4 is 17.5 Å². The molecule has 0 aromatic heterocycles. The standard InChI is InChI=1S/C23H21FN2O2/c24-20-11-13-21(14-12-20)26-23(28)19-9-6-18(7-10-19)16-25-22(27)15-8-17-4-2-1-3-5-17/h1-7,9-14H,8,15-16H2,(H,25,27)(H,26,28). The molecular weight excluding hydrogens is 355 g/mol. The van der Waals surface area contributed by atoms with Crippen LogP contribution in [-0.2, 0) is 17.8 Å². The average Bonchev–Trinajstić information content (AvgIpc) is 2.73. The topological polar surface area (TPSA) is 58.2 Å². The molecule has 2 amide bonds. The summed E-state index contributed by atoms with van der Waals surface area (Å²) in [6.45, 7) is 0.410. The molecule has 3 aromatic rings. The summed E-state index contributed by atoms with van der Waals surface area (Å²) in [5.74, 6) is -0.639. The Bertz CT molecular complexity index is 923. The van der Waals surface area contributed by atoms with E-state index in [2.05, 4.69) is 10.6 Å². The van der Waals surface area contributed by atoms with E-state index in [1.165, 1.54) is 24.3 Å². The van der Waals surface area contributed by atoms with Gasteiger partial charge >= 0.3 is 0 Å². The van der Waals surface area contributed by atoms with E-state index in [1.54, 1.807) is 24.3 Å². The number of rotatable bonds is 7. The third-order valence-corrected chi connectivity index (χ3v) is 4.29. The minimum absolute atomic E-state index is 0.0121. The van der Waals surface area contributed by atoms with Gasteiger partial charge in [-0.15, -0.1) is 0 Å². The molecule has 0 atom stereocenters. The van der Waals surface area contributed by atoms with Gasteiger partial charge in [-0.05, 0) is 53.9 Å². The van der Waals surface area contributed by atoms with Crippen LogP contribution in [0.1, 0.15) is 27.9 Å². The van der Waals surface area contributed by atoms with Crippen molar-refractivity contribution in [1.82, 2.24) is 5.32 Å². The van der Waals surface area contributed by atoms with Crippen LogP contribution in [0.5, 0.6) is 0 Å². The second-order valence-electron chi connectivity index (χ2n) is 6.42. The molecule has 5 heteroatoms. The SMILES string of the molecule is O=C(CCc1ccccc1)NCc1ccc(C(=O)Nc2ccc(F)cc2)cc1. The van der Waals surface area contributed by atoms with Gasteiger partial charge < -0.3 is 10.6 Å². The molecule has 0 aliphatic heterocycles. The van der Waals surface area contributed by atoms with Crippen LogP contribution in [0, 0.1) is 5.82 Å². The van der Waals surface area contributed by atoms with Crippen LogP contribution in [0.2, 0.25) is 0 Å². The van der Waals surface area contributed by atoms with Crippen molar-refractivity contribution in [2.75, 3.05) is 5.32 Å². The molecule has 4 nitrogen and oxygen atoms in total. The Morgan fingerprint density at radius 2 is 1.46 bits per heavy atom. The van der Waals surface area contributed by atoms with Crippen LogP contribution in [0.15, 0.2) is 78.9 Å². The average molecular weight is 376 g/mol. The largest absolute Gasteiger partial charge is 0.352 e. The van der Waals surface area contributed by atoms with Gasteiger partial charge in [-0.3, -0.25) is 9.59 Å². The molecule has 0 radical (unpaired) electrons. The van der Waals surface area contributed by atoms with Crippen molar-refractivity contribution in [3.05, 3.63) is 101 Å². The summed E-state index contributed by atoms with van der Waals surface area (Å²) in [5.41, 5.74) is 3.06. The van der Waals surface area contributed by atoms with Crippen LogP contribution >= 0.6 is 0 Å². The van der Waals surface area contributed by atoms with Crippen LogP contribution in [0.25, 0.3) is 0 Å². The third-order valence-electron chi connectivity index (χ3n) is 4.29. The number of hydrogen-bond acceptors (Lipinski definition) is 2. The van der Waals surface area contributed by atoms with Gasteiger partial charge in [0, 0.05) is 24.2 Å². The summed E-state index contributed by atoms with van der Waals surface area (Å²) in [6.07, 6.45) is 1.14. The fourth-order valence-corrected chi connectivity index (χ4v) is 2.70. The Kier molecular flexibility index (Phi) is 6.52. The minimum Gasteiger partial charge on any atom is -0.352 e. The molecule has 142 valence electrons. The van der Waals surface area contributed by atoms with E-state index in [0.29, 0.717) is 30.6 Å². The van der Waals surface area contributed by atoms with Crippen LogP contribution in [0.3, 0.4) is 0 Å². The molecule has 0 spiro atoms. The van der Waals surface area contributed by atoms with E-state index < -0.39 is 0 Å². The predicted octanol–water partition coefficient (Wildman–Crippen LogP) is 4.33. The monoisotopic (exact) mass is 376 g/mol. The van der Waals surface area contributed by atoms with Gasteiger partial charge in [-0.1, -0.05) is 42.5 Å². The fourth-order valence-electron chi connectivity index (χ4n) is 2.70. The first-order valence-corrected chi connectivity index (χ1v) is 9.06. The molecule has 28 heavy (non-hydrogen) atoms. The van der Waals surface area contributed by atoms with E-state index in [9.17, 15) is 14.0 Å². The van der Waals surface area contributed by atoms with Crippen molar-refractivity contribution in [3.8, 4) is 0 Å². The quantitative estimate of drug-likeness (QED) is 0.645. The maximum Gasteiger partial charge on any atom is 0.255 e. The molecular formula is C23H21FN2O2. The number of carbonyl (C=O) groups excluding carboxylic acids is 2. The molecule has 3 aromatic carbocycles. The van der Waals surface area contributed by atoms with Gasteiger partial charge in [-0.2, -0.15) is 0 Å². The Balaban J connectivity index is 1.46. The molecule has 0 aliphatic carbocycles.